The van der Waals surface area contributed by atoms with Crippen molar-refractivity contribution in [1.82, 2.24) is 19.0 Å². The van der Waals surface area contributed by atoms with Crippen LogP contribution in [0.15, 0.2) is 53.7 Å². The van der Waals surface area contributed by atoms with Crippen LogP contribution in [0.1, 0.15) is 46.1 Å². The van der Waals surface area contributed by atoms with Gasteiger partial charge in [0, 0.05) is 44.2 Å². The van der Waals surface area contributed by atoms with Gasteiger partial charge in [-0.2, -0.15) is 22.6 Å². The van der Waals surface area contributed by atoms with Gasteiger partial charge in [0.25, 0.3) is 0 Å². The Balaban J connectivity index is 1.27. The molecule has 2 fully saturated rings. The molecule has 3 heterocycles. The van der Waals surface area contributed by atoms with Crippen LogP contribution in [0.5, 0.6) is 0 Å². The van der Waals surface area contributed by atoms with Crippen molar-refractivity contribution in [3.63, 3.8) is 0 Å². The largest absolute Gasteiger partial charge is 0.416 e. The number of aromatic nitrogens is 2. The van der Waals surface area contributed by atoms with E-state index in [4.69, 9.17) is 0 Å². The Hall–Kier alpha value is -2.76. The number of nitrogens with zero attached hydrogens (tertiary/aromatic N) is 4. The van der Waals surface area contributed by atoms with E-state index in [-0.39, 0.29) is 41.7 Å². The minimum absolute atomic E-state index is 0.0663. The number of hydrogen-bond acceptors (Lipinski definition) is 4. The van der Waals surface area contributed by atoms with Crippen LogP contribution in [0.4, 0.5) is 17.6 Å². The summed E-state index contributed by atoms with van der Waals surface area (Å²) in [5.74, 6) is -0.707. The third-order valence-electron chi connectivity index (χ3n) is 8.23. The van der Waals surface area contributed by atoms with E-state index < -0.39 is 21.8 Å². The zero-order chi connectivity index (χ0) is 26.8. The highest BCUT2D eigenvalue weighted by molar-refractivity contribution is 7.89. The predicted octanol–water partition coefficient (Wildman–Crippen LogP) is 4.32. The minimum atomic E-state index is -4.41. The lowest BCUT2D eigenvalue weighted by Gasteiger charge is -2.40. The molecule has 2 atom stereocenters. The highest BCUT2D eigenvalue weighted by Crippen LogP contribution is 2.44. The molecule has 0 N–H and O–H groups in total. The van der Waals surface area contributed by atoms with Gasteiger partial charge in [-0.05, 0) is 66.7 Å². The summed E-state index contributed by atoms with van der Waals surface area (Å²) >= 11 is 0. The van der Waals surface area contributed by atoms with Crippen LogP contribution in [0, 0.1) is 5.82 Å². The molecule has 2 saturated heterocycles. The van der Waals surface area contributed by atoms with Gasteiger partial charge in [0.2, 0.25) is 10.0 Å². The molecule has 1 aromatic heterocycles. The molecular formula is C27H28F4N4O2S. The first kappa shape index (κ1) is 25.5. The number of rotatable bonds is 6. The summed E-state index contributed by atoms with van der Waals surface area (Å²) < 4.78 is 83.8. The topological polar surface area (TPSA) is 58.4 Å². The van der Waals surface area contributed by atoms with Crippen molar-refractivity contribution >= 4 is 10.0 Å². The van der Waals surface area contributed by atoms with Crippen molar-refractivity contribution < 1.29 is 26.0 Å². The Labute approximate surface area is 218 Å². The Bertz CT molecular complexity index is 1480. The minimum Gasteiger partial charge on any atom is -0.299 e. The van der Waals surface area contributed by atoms with Gasteiger partial charge in [-0.15, -0.1) is 0 Å². The molecule has 0 radical (unpaired) electrons. The smallest absolute Gasteiger partial charge is 0.299 e. The van der Waals surface area contributed by atoms with Gasteiger partial charge in [-0.1, -0.05) is 24.3 Å². The van der Waals surface area contributed by atoms with E-state index in [1.54, 1.807) is 19.2 Å². The number of halogens is 4. The molecule has 1 aliphatic carbocycles. The van der Waals surface area contributed by atoms with Gasteiger partial charge in [0.15, 0.2) is 0 Å². The third-order valence-corrected chi connectivity index (χ3v) is 10.0. The maximum Gasteiger partial charge on any atom is 0.416 e. The Kier molecular flexibility index (Phi) is 6.16. The fourth-order valence-corrected chi connectivity index (χ4v) is 7.52. The fourth-order valence-electron chi connectivity index (χ4n) is 6.00. The van der Waals surface area contributed by atoms with Crippen LogP contribution in [0.2, 0.25) is 0 Å². The normalized spacial score (nSPS) is 22.8. The molecule has 38 heavy (non-hydrogen) atoms. The molecule has 2 aromatic carbocycles. The Morgan fingerprint density at radius 3 is 2.47 bits per heavy atom. The summed E-state index contributed by atoms with van der Waals surface area (Å²) in [5, 5.41) is 3.93. The molecular weight excluding hydrogens is 520 g/mol. The number of fused-ring (bicyclic) bond motifs is 1. The zero-order valence-corrected chi connectivity index (χ0v) is 21.6. The average molecular weight is 549 g/mol. The van der Waals surface area contributed by atoms with E-state index in [0.29, 0.717) is 24.0 Å². The number of aryl methyl sites for hydroxylation is 1. The standard InChI is InChI=1S/C27H28F4N4O2S/c1-33-16-21(13-32-33)38(36,37)35-14-19(15-35)23-12-22-18(10-25(23)28)11-26(34-6-3-7-34)24(22)9-17-4-2-5-20(8-17)27(29,30)31/h2,4-5,8,10,12-13,16,19,24,26H,3,6-7,9,11,14-15H2,1H3. The lowest BCUT2D eigenvalue weighted by Crippen LogP contribution is -2.48. The number of alkyl halides is 3. The van der Waals surface area contributed by atoms with E-state index in [9.17, 15) is 21.6 Å². The molecule has 0 bridgehead atoms. The van der Waals surface area contributed by atoms with E-state index in [1.165, 1.54) is 33.5 Å². The SMILES string of the molecule is Cn1cc(S(=O)(=O)N2CC(c3cc4c(cc3F)CC(N3CCC3)C4Cc3cccc(C(F)(F)F)c3)C2)cn1. The first-order chi connectivity index (χ1) is 18.0. The monoisotopic (exact) mass is 548 g/mol. The Morgan fingerprint density at radius 2 is 1.84 bits per heavy atom. The molecule has 0 spiro atoms. The number of sulfonamides is 1. The molecule has 6 nitrogen and oxygen atoms in total. The summed E-state index contributed by atoms with van der Waals surface area (Å²) in [6, 6.07) is 8.96. The van der Waals surface area contributed by atoms with Crippen LogP contribution in [-0.2, 0) is 36.1 Å². The molecule has 0 saturated carbocycles. The van der Waals surface area contributed by atoms with E-state index >= 15 is 4.39 Å². The zero-order valence-electron chi connectivity index (χ0n) is 20.8. The van der Waals surface area contributed by atoms with Gasteiger partial charge < -0.3 is 0 Å². The maximum absolute atomic E-state index is 15.3. The third kappa shape index (κ3) is 4.44. The van der Waals surface area contributed by atoms with Crippen molar-refractivity contribution in [2.45, 2.75) is 48.2 Å². The summed E-state index contributed by atoms with van der Waals surface area (Å²) in [6.45, 7) is 2.19. The van der Waals surface area contributed by atoms with Crippen molar-refractivity contribution in [2.24, 2.45) is 7.05 Å². The maximum atomic E-state index is 15.3. The van der Waals surface area contributed by atoms with Crippen LogP contribution in [0.25, 0.3) is 0 Å². The quantitative estimate of drug-likeness (QED) is 0.431. The molecule has 2 aliphatic heterocycles. The molecule has 6 rings (SSSR count). The number of hydrogen-bond donors (Lipinski definition) is 0. The van der Waals surface area contributed by atoms with Crippen molar-refractivity contribution in [3.05, 3.63) is 82.4 Å². The van der Waals surface area contributed by atoms with E-state index in [0.717, 1.165) is 36.7 Å². The molecule has 2 unspecified atom stereocenters. The van der Waals surface area contributed by atoms with Gasteiger partial charge >= 0.3 is 6.18 Å². The molecule has 3 aliphatic rings. The first-order valence-electron chi connectivity index (χ1n) is 12.7. The van der Waals surface area contributed by atoms with Crippen LogP contribution >= 0.6 is 0 Å². The highest BCUT2D eigenvalue weighted by Gasteiger charge is 2.43. The first-order valence-corrected chi connectivity index (χ1v) is 14.2. The van der Waals surface area contributed by atoms with Crippen LogP contribution < -0.4 is 0 Å². The summed E-state index contributed by atoms with van der Waals surface area (Å²) in [7, 11) is -2.06. The number of benzene rings is 2. The predicted molar refractivity (Wildman–Crippen MR) is 133 cm³/mol. The molecule has 0 amide bonds. The van der Waals surface area contributed by atoms with Gasteiger partial charge in [0.1, 0.15) is 10.7 Å². The lowest BCUT2D eigenvalue weighted by atomic mass is 9.85. The fraction of sp³-hybridized carbons (Fsp3) is 0.444. The second kappa shape index (κ2) is 9.17. The van der Waals surface area contributed by atoms with Gasteiger partial charge in [-0.3, -0.25) is 9.58 Å². The van der Waals surface area contributed by atoms with Crippen LogP contribution in [-0.4, -0.2) is 59.6 Å². The molecule has 202 valence electrons. The van der Waals surface area contributed by atoms with Crippen molar-refractivity contribution in [1.29, 1.82) is 0 Å². The van der Waals surface area contributed by atoms with Crippen molar-refractivity contribution in [2.75, 3.05) is 26.2 Å². The summed E-state index contributed by atoms with van der Waals surface area (Å²) in [6.07, 6.45) is 0.479. The van der Waals surface area contributed by atoms with Gasteiger partial charge in [-0.25, -0.2) is 12.8 Å². The highest BCUT2D eigenvalue weighted by atomic mass is 32.2. The van der Waals surface area contributed by atoms with Gasteiger partial charge in [0.05, 0.1) is 11.8 Å². The van der Waals surface area contributed by atoms with Crippen LogP contribution in [0.3, 0.4) is 0 Å². The second-order valence-corrected chi connectivity index (χ2v) is 12.5. The van der Waals surface area contributed by atoms with E-state index in [1.807, 2.05) is 6.07 Å². The van der Waals surface area contributed by atoms with Crippen molar-refractivity contribution in [3.8, 4) is 0 Å². The molecule has 3 aromatic rings. The van der Waals surface area contributed by atoms with E-state index in [2.05, 4.69) is 10.00 Å². The lowest BCUT2D eigenvalue weighted by molar-refractivity contribution is -0.137. The number of likely N-dealkylation sites (tertiary alicyclic amines) is 1. The molecule has 11 heteroatoms. The Morgan fingerprint density at radius 1 is 1.08 bits per heavy atom. The summed E-state index contributed by atoms with van der Waals surface area (Å²) in [5.41, 5.74) is 2.26. The summed E-state index contributed by atoms with van der Waals surface area (Å²) in [4.78, 5) is 2.44. The average Bonchev–Trinajstić information content (AvgIpc) is 3.36. The second-order valence-electron chi connectivity index (χ2n) is 10.6.